The number of aromatic nitrogens is 2. The van der Waals surface area contributed by atoms with E-state index in [2.05, 4.69) is 21.0 Å². The molecule has 0 saturated carbocycles. The largest absolute Gasteiger partial charge is 0.488 e. The Bertz CT molecular complexity index is 1840. The fourth-order valence-corrected chi connectivity index (χ4v) is 4.47. The summed E-state index contributed by atoms with van der Waals surface area (Å²) in [7, 11) is 0. The maximum absolute atomic E-state index is 13.5. The van der Waals surface area contributed by atoms with Crippen LogP contribution in [0.2, 0.25) is 0 Å². The first kappa shape index (κ1) is 23.8. The number of nitrogens with zero attached hydrogens (tertiary/aromatic N) is 3. The Kier molecular flexibility index (Phi) is 6.31. The van der Waals surface area contributed by atoms with Crippen molar-refractivity contribution in [3.8, 4) is 17.3 Å². The minimum Gasteiger partial charge on any atom is -0.488 e. The second-order valence-corrected chi connectivity index (χ2v) is 9.48. The first-order chi connectivity index (χ1) is 18.5. The molecule has 0 aliphatic rings. The lowest BCUT2D eigenvalue weighted by Crippen LogP contribution is -2.20. The van der Waals surface area contributed by atoms with Crippen LogP contribution in [0.1, 0.15) is 11.1 Å². The molecule has 4 aromatic carbocycles. The lowest BCUT2D eigenvalue weighted by Gasteiger charge is -2.11. The Balaban J connectivity index is 1.43. The Morgan fingerprint density at radius 2 is 1.76 bits per heavy atom. The number of hydrogen-bond acceptors (Lipinski definition) is 5. The zero-order chi connectivity index (χ0) is 26.1. The van der Waals surface area contributed by atoms with E-state index in [1.807, 2.05) is 48.5 Å². The van der Waals surface area contributed by atoms with Gasteiger partial charge in [0, 0.05) is 15.4 Å². The SMILES string of the molecule is O=c1c2ccccc2nc(-c2cc3ccccc3o2)n1N=Cc1cc(Br)ccc1OCc1ccc(F)cc1. The second kappa shape index (κ2) is 10.1. The molecule has 0 aliphatic carbocycles. The zero-order valence-electron chi connectivity index (χ0n) is 19.8. The van der Waals surface area contributed by atoms with Crippen LogP contribution in [0, 0.1) is 5.82 Å². The predicted molar refractivity (Wildman–Crippen MR) is 149 cm³/mol. The molecule has 0 unspecified atom stereocenters. The molecule has 38 heavy (non-hydrogen) atoms. The van der Waals surface area contributed by atoms with Gasteiger partial charge in [-0.3, -0.25) is 4.79 Å². The summed E-state index contributed by atoms with van der Waals surface area (Å²) in [5, 5.41) is 5.88. The van der Waals surface area contributed by atoms with E-state index in [1.54, 1.807) is 42.6 Å². The zero-order valence-corrected chi connectivity index (χ0v) is 21.4. The van der Waals surface area contributed by atoms with Crippen LogP contribution < -0.4 is 10.3 Å². The van der Waals surface area contributed by atoms with Crippen LogP contribution in [0.3, 0.4) is 0 Å². The Labute approximate surface area is 224 Å². The summed E-state index contributed by atoms with van der Waals surface area (Å²) in [6.45, 7) is 0.241. The van der Waals surface area contributed by atoms with E-state index in [0.717, 1.165) is 15.4 Å². The summed E-state index contributed by atoms with van der Waals surface area (Å²) in [5.41, 5.74) is 2.36. The smallest absolute Gasteiger partial charge is 0.282 e. The highest BCUT2D eigenvalue weighted by Crippen LogP contribution is 2.28. The molecule has 0 spiro atoms. The van der Waals surface area contributed by atoms with Crippen molar-refractivity contribution < 1.29 is 13.5 Å². The van der Waals surface area contributed by atoms with E-state index in [0.29, 0.717) is 33.6 Å². The number of ether oxygens (including phenoxy) is 1. The lowest BCUT2D eigenvalue weighted by atomic mass is 10.2. The predicted octanol–water partition coefficient (Wildman–Crippen LogP) is 7.17. The molecule has 0 atom stereocenters. The van der Waals surface area contributed by atoms with Crippen molar-refractivity contribution in [2.24, 2.45) is 5.10 Å². The molecule has 0 saturated heterocycles. The molecular weight excluding hydrogens is 549 g/mol. The van der Waals surface area contributed by atoms with E-state index in [-0.39, 0.29) is 23.8 Å². The second-order valence-electron chi connectivity index (χ2n) is 8.56. The van der Waals surface area contributed by atoms with Crippen LogP contribution in [-0.4, -0.2) is 15.9 Å². The first-order valence-corrected chi connectivity index (χ1v) is 12.6. The molecule has 0 aliphatic heterocycles. The van der Waals surface area contributed by atoms with Gasteiger partial charge >= 0.3 is 0 Å². The van der Waals surface area contributed by atoms with Gasteiger partial charge in [-0.15, -0.1) is 0 Å². The van der Waals surface area contributed by atoms with E-state index in [9.17, 15) is 9.18 Å². The number of fused-ring (bicyclic) bond motifs is 2. The molecule has 0 N–H and O–H groups in total. The fraction of sp³-hybridized carbons (Fsp3) is 0.0333. The van der Waals surface area contributed by atoms with Gasteiger partial charge in [0.1, 0.15) is 23.8 Å². The van der Waals surface area contributed by atoms with Gasteiger partial charge in [0.2, 0.25) is 5.82 Å². The quantitative estimate of drug-likeness (QED) is 0.200. The Morgan fingerprint density at radius 3 is 2.61 bits per heavy atom. The minimum atomic E-state index is -0.328. The van der Waals surface area contributed by atoms with E-state index < -0.39 is 0 Å². The van der Waals surface area contributed by atoms with Crippen molar-refractivity contribution in [3.63, 3.8) is 0 Å². The molecule has 2 heterocycles. The van der Waals surface area contributed by atoms with Gasteiger partial charge in [0.25, 0.3) is 5.56 Å². The van der Waals surface area contributed by atoms with Crippen LogP contribution in [-0.2, 0) is 6.61 Å². The first-order valence-electron chi connectivity index (χ1n) is 11.8. The minimum absolute atomic E-state index is 0.241. The van der Waals surface area contributed by atoms with Crippen molar-refractivity contribution in [3.05, 3.63) is 129 Å². The third kappa shape index (κ3) is 4.73. The highest BCUT2D eigenvalue weighted by molar-refractivity contribution is 9.10. The lowest BCUT2D eigenvalue weighted by molar-refractivity contribution is 0.305. The topological polar surface area (TPSA) is 69.6 Å². The van der Waals surface area contributed by atoms with E-state index in [1.165, 1.54) is 16.8 Å². The van der Waals surface area contributed by atoms with Gasteiger partial charge in [0.15, 0.2) is 5.76 Å². The van der Waals surface area contributed by atoms with Gasteiger partial charge in [-0.1, -0.05) is 58.4 Å². The summed E-state index contributed by atoms with van der Waals surface area (Å²) in [4.78, 5) is 18.3. The van der Waals surface area contributed by atoms with E-state index in [4.69, 9.17) is 14.1 Å². The number of rotatable bonds is 6. The van der Waals surface area contributed by atoms with Crippen LogP contribution in [0.4, 0.5) is 4.39 Å². The molecule has 6 aromatic rings. The van der Waals surface area contributed by atoms with Crippen LogP contribution in [0.25, 0.3) is 33.5 Å². The molecular formula is C30H19BrFN3O3. The molecule has 0 bridgehead atoms. The Hall–Kier alpha value is -4.56. The van der Waals surface area contributed by atoms with Gasteiger partial charge < -0.3 is 9.15 Å². The molecule has 0 amide bonds. The van der Waals surface area contributed by atoms with Crippen molar-refractivity contribution in [2.75, 3.05) is 0 Å². The van der Waals surface area contributed by atoms with E-state index >= 15 is 0 Å². The van der Waals surface area contributed by atoms with Crippen molar-refractivity contribution >= 4 is 44.0 Å². The van der Waals surface area contributed by atoms with Crippen LogP contribution >= 0.6 is 15.9 Å². The standard InChI is InChI=1S/C30H19BrFN3O3/c31-22-11-14-26(37-18-19-9-12-23(32)13-10-19)21(15-22)17-33-35-29(28-16-20-5-1-4-8-27(20)38-28)34-25-7-3-2-6-24(25)30(35)36/h1-17H,18H2. The van der Waals surface area contributed by atoms with Gasteiger partial charge in [0.05, 0.1) is 17.1 Å². The third-order valence-electron chi connectivity index (χ3n) is 5.99. The highest BCUT2D eigenvalue weighted by Gasteiger charge is 2.16. The number of benzene rings is 4. The Morgan fingerprint density at radius 1 is 0.974 bits per heavy atom. The van der Waals surface area contributed by atoms with Crippen molar-refractivity contribution in [1.82, 2.24) is 9.66 Å². The molecule has 0 radical (unpaired) electrons. The fourth-order valence-electron chi connectivity index (χ4n) is 4.10. The molecule has 2 aromatic heterocycles. The number of hydrogen-bond donors (Lipinski definition) is 0. The summed E-state index contributed by atoms with van der Waals surface area (Å²) < 4.78 is 27.4. The molecule has 6 rings (SSSR count). The molecule has 6 nitrogen and oxygen atoms in total. The molecule has 0 fully saturated rings. The van der Waals surface area contributed by atoms with Crippen LogP contribution in [0.15, 0.2) is 116 Å². The number of para-hydroxylation sites is 2. The van der Waals surface area contributed by atoms with Gasteiger partial charge in [-0.05, 0) is 60.2 Å². The van der Waals surface area contributed by atoms with Gasteiger partial charge in [-0.25, -0.2) is 9.37 Å². The summed E-state index contributed by atoms with van der Waals surface area (Å²) in [6.07, 6.45) is 1.55. The molecule has 8 heteroatoms. The monoisotopic (exact) mass is 567 g/mol. The summed E-state index contributed by atoms with van der Waals surface area (Å²) >= 11 is 3.49. The average molecular weight is 568 g/mol. The van der Waals surface area contributed by atoms with Crippen molar-refractivity contribution in [2.45, 2.75) is 6.61 Å². The third-order valence-corrected chi connectivity index (χ3v) is 6.48. The van der Waals surface area contributed by atoms with Crippen LogP contribution in [0.5, 0.6) is 5.75 Å². The van der Waals surface area contributed by atoms with Crippen molar-refractivity contribution in [1.29, 1.82) is 0 Å². The average Bonchev–Trinajstić information content (AvgIpc) is 3.37. The normalized spacial score (nSPS) is 11.5. The van der Waals surface area contributed by atoms with Gasteiger partial charge in [-0.2, -0.15) is 9.78 Å². The summed E-state index contributed by atoms with van der Waals surface area (Å²) in [6, 6.07) is 28.2. The number of halogens is 2. The maximum atomic E-state index is 13.5. The molecule has 186 valence electrons. The maximum Gasteiger partial charge on any atom is 0.282 e. The summed E-state index contributed by atoms with van der Waals surface area (Å²) in [5.74, 6) is 0.950. The number of furan rings is 1. The highest BCUT2D eigenvalue weighted by atomic mass is 79.9.